The van der Waals surface area contributed by atoms with Crippen molar-refractivity contribution < 1.29 is 9.59 Å². The van der Waals surface area contributed by atoms with Crippen molar-refractivity contribution in [1.82, 2.24) is 15.5 Å². The van der Waals surface area contributed by atoms with E-state index in [4.69, 9.17) is 5.73 Å². The molecule has 6 nitrogen and oxygen atoms in total. The number of urea groups is 1. The number of carbonyl (C=O) groups is 2. The highest BCUT2D eigenvalue weighted by molar-refractivity contribution is 5.95. The minimum absolute atomic E-state index is 0. The molecule has 0 aromatic heterocycles. The van der Waals surface area contributed by atoms with Crippen LogP contribution in [0.25, 0.3) is 0 Å². The Labute approximate surface area is 108 Å². The number of halogens is 1. The van der Waals surface area contributed by atoms with E-state index in [0.717, 1.165) is 19.5 Å². The van der Waals surface area contributed by atoms with E-state index in [1.165, 1.54) is 7.05 Å². The minimum atomic E-state index is -0.466. The van der Waals surface area contributed by atoms with E-state index in [1.807, 2.05) is 4.90 Å². The second kappa shape index (κ2) is 7.47. The number of nitrogens with two attached hydrogens (primary N) is 1. The molecule has 1 heterocycles. The summed E-state index contributed by atoms with van der Waals surface area (Å²) in [7, 11) is 1.48. The van der Waals surface area contributed by atoms with Gasteiger partial charge in [0.25, 0.3) is 0 Å². The maximum atomic E-state index is 11.4. The molecule has 100 valence electrons. The smallest absolute Gasteiger partial charge is 0.321 e. The molecule has 1 saturated heterocycles. The second-order valence-electron chi connectivity index (χ2n) is 4.29. The summed E-state index contributed by atoms with van der Waals surface area (Å²) in [6.45, 7) is 3.95. The lowest BCUT2D eigenvalue weighted by molar-refractivity contribution is -0.121. The summed E-state index contributed by atoms with van der Waals surface area (Å²) in [5.41, 5.74) is 5.88. The Balaban J connectivity index is 0.00000256. The van der Waals surface area contributed by atoms with Crippen LogP contribution in [0.5, 0.6) is 0 Å². The summed E-state index contributed by atoms with van der Waals surface area (Å²) in [6, 6.07) is -0.245. The van der Waals surface area contributed by atoms with Crippen LogP contribution < -0.4 is 16.4 Å². The number of hydrogen-bond donors (Lipinski definition) is 3. The normalized spacial score (nSPS) is 24.6. The van der Waals surface area contributed by atoms with E-state index < -0.39 is 6.03 Å². The van der Waals surface area contributed by atoms with Crippen LogP contribution in [0.1, 0.15) is 13.3 Å². The van der Waals surface area contributed by atoms with Gasteiger partial charge in [-0.25, -0.2) is 4.79 Å². The number of nitrogens with zero attached hydrogens (tertiary/aromatic N) is 1. The molecule has 2 unspecified atom stereocenters. The van der Waals surface area contributed by atoms with Crippen molar-refractivity contribution in [1.29, 1.82) is 0 Å². The monoisotopic (exact) mass is 264 g/mol. The zero-order valence-electron chi connectivity index (χ0n) is 10.2. The average molecular weight is 265 g/mol. The van der Waals surface area contributed by atoms with Gasteiger partial charge in [-0.05, 0) is 12.3 Å². The van der Waals surface area contributed by atoms with Crippen molar-refractivity contribution in [3.8, 4) is 0 Å². The fraction of sp³-hybridized carbons (Fsp3) is 0.800. The number of carbonyl (C=O) groups excluding carboxylic acids is 2. The largest absolute Gasteiger partial charge is 0.341 e. The molecule has 0 aromatic rings. The molecule has 4 N–H and O–H groups in total. The Kier molecular flexibility index (Phi) is 7.10. The first kappa shape index (κ1) is 16.1. The van der Waals surface area contributed by atoms with Crippen molar-refractivity contribution in [2.75, 3.05) is 26.7 Å². The van der Waals surface area contributed by atoms with Gasteiger partial charge in [-0.15, -0.1) is 12.4 Å². The van der Waals surface area contributed by atoms with E-state index in [-0.39, 0.29) is 30.9 Å². The van der Waals surface area contributed by atoms with Gasteiger partial charge in [0.15, 0.2) is 0 Å². The fourth-order valence-corrected chi connectivity index (χ4v) is 1.83. The highest BCUT2D eigenvalue weighted by Crippen LogP contribution is 2.13. The van der Waals surface area contributed by atoms with Crippen LogP contribution in [0.3, 0.4) is 0 Å². The van der Waals surface area contributed by atoms with Gasteiger partial charge in [0, 0.05) is 26.2 Å². The van der Waals surface area contributed by atoms with Gasteiger partial charge in [-0.1, -0.05) is 6.92 Å². The Morgan fingerprint density at radius 2 is 2.12 bits per heavy atom. The second-order valence-corrected chi connectivity index (χ2v) is 4.29. The first-order chi connectivity index (χ1) is 7.52. The van der Waals surface area contributed by atoms with Gasteiger partial charge in [-0.2, -0.15) is 0 Å². The molecule has 0 bridgehead atoms. The van der Waals surface area contributed by atoms with Crippen LogP contribution in [-0.2, 0) is 4.79 Å². The lowest BCUT2D eigenvalue weighted by Gasteiger charge is -2.34. The zero-order valence-corrected chi connectivity index (χ0v) is 11.0. The average Bonchev–Trinajstić information content (AvgIpc) is 2.23. The third-order valence-electron chi connectivity index (χ3n) is 2.90. The lowest BCUT2D eigenvalue weighted by atomic mass is 9.95. The Hall–Kier alpha value is -0.850. The summed E-state index contributed by atoms with van der Waals surface area (Å²) >= 11 is 0. The molecule has 1 aliphatic heterocycles. The number of hydrogen-bond acceptors (Lipinski definition) is 4. The number of imide groups is 1. The predicted octanol–water partition coefficient (Wildman–Crippen LogP) is -0.467. The Morgan fingerprint density at radius 3 is 2.65 bits per heavy atom. The third kappa shape index (κ3) is 5.34. The summed E-state index contributed by atoms with van der Waals surface area (Å²) in [5, 5.41) is 4.58. The molecule has 3 amide bonds. The molecule has 0 spiro atoms. The van der Waals surface area contributed by atoms with E-state index in [0.29, 0.717) is 5.92 Å². The van der Waals surface area contributed by atoms with Gasteiger partial charge in [0.05, 0.1) is 6.54 Å². The number of likely N-dealkylation sites (tertiary alicyclic amines) is 1. The van der Waals surface area contributed by atoms with Gasteiger partial charge < -0.3 is 11.1 Å². The topological polar surface area (TPSA) is 87.5 Å². The number of nitrogens with one attached hydrogen (secondary N) is 2. The van der Waals surface area contributed by atoms with Crippen molar-refractivity contribution in [2.24, 2.45) is 11.7 Å². The summed E-state index contributed by atoms with van der Waals surface area (Å²) in [4.78, 5) is 24.3. The van der Waals surface area contributed by atoms with Gasteiger partial charge >= 0.3 is 6.03 Å². The molecule has 0 saturated carbocycles. The maximum Gasteiger partial charge on any atom is 0.321 e. The molecule has 7 heteroatoms. The first-order valence-corrected chi connectivity index (χ1v) is 5.52. The number of piperidine rings is 1. The van der Waals surface area contributed by atoms with Crippen LogP contribution in [0.4, 0.5) is 4.79 Å². The molecular formula is C10H21ClN4O2. The highest BCUT2D eigenvalue weighted by Gasteiger charge is 2.24. The van der Waals surface area contributed by atoms with Crippen molar-refractivity contribution in [2.45, 2.75) is 19.4 Å². The molecule has 0 aromatic carbocycles. The van der Waals surface area contributed by atoms with Crippen molar-refractivity contribution in [3.63, 3.8) is 0 Å². The van der Waals surface area contributed by atoms with Crippen LogP contribution in [0.2, 0.25) is 0 Å². The number of rotatable bonds is 2. The Morgan fingerprint density at radius 1 is 1.47 bits per heavy atom. The molecular weight excluding hydrogens is 244 g/mol. The summed E-state index contributed by atoms with van der Waals surface area (Å²) in [5.74, 6) is 0.114. The van der Waals surface area contributed by atoms with Crippen LogP contribution in [0, 0.1) is 5.92 Å². The first-order valence-electron chi connectivity index (χ1n) is 5.52. The minimum Gasteiger partial charge on any atom is -0.341 e. The van der Waals surface area contributed by atoms with E-state index >= 15 is 0 Å². The molecule has 0 aliphatic carbocycles. The van der Waals surface area contributed by atoms with E-state index in [9.17, 15) is 9.59 Å². The lowest BCUT2D eigenvalue weighted by Crippen LogP contribution is -2.50. The van der Waals surface area contributed by atoms with Gasteiger partial charge in [0.1, 0.15) is 0 Å². The van der Waals surface area contributed by atoms with Gasteiger partial charge in [-0.3, -0.25) is 15.0 Å². The van der Waals surface area contributed by atoms with Crippen molar-refractivity contribution in [3.05, 3.63) is 0 Å². The van der Waals surface area contributed by atoms with Crippen LogP contribution >= 0.6 is 12.4 Å². The van der Waals surface area contributed by atoms with Crippen LogP contribution in [0.15, 0.2) is 0 Å². The Bertz CT molecular complexity index is 275. The molecule has 1 aliphatic rings. The standard InChI is InChI=1S/C10H20N4O2.ClH/c1-7-5-14(4-3-8(7)11)6-9(15)13-10(16)12-2;/h7-8H,3-6,11H2,1-2H3,(H2,12,13,15,16);1H. The fourth-order valence-electron chi connectivity index (χ4n) is 1.83. The third-order valence-corrected chi connectivity index (χ3v) is 2.90. The van der Waals surface area contributed by atoms with Gasteiger partial charge in [0.2, 0.25) is 5.91 Å². The SMILES string of the molecule is CNC(=O)NC(=O)CN1CCC(N)C(C)C1.Cl. The van der Waals surface area contributed by atoms with Crippen molar-refractivity contribution >= 4 is 24.3 Å². The van der Waals surface area contributed by atoms with Crippen LogP contribution in [-0.4, -0.2) is 49.6 Å². The number of amides is 3. The quantitative estimate of drug-likeness (QED) is 0.629. The van der Waals surface area contributed by atoms with E-state index in [2.05, 4.69) is 17.6 Å². The maximum absolute atomic E-state index is 11.4. The predicted molar refractivity (Wildman–Crippen MR) is 68.0 cm³/mol. The summed E-state index contributed by atoms with van der Waals surface area (Å²) in [6.07, 6.45) is 0.897. The molecule has 2 atom stereocenters. The molecule has 17 heavy (non-hydrogen) atoms. The molecule has 1 fully saturated rings. The molecule has 0 radical (unpaired) electrons. The summed E-state index contributed by atoms with van der Waals surface area (Å²) < 4.78 is 0. The molecule has 1 rings (SSSR count). The highest BCUT2D eigenvalue weighted by atomic mass is 35.5. The zero-order chi connectivity index (χ0) is 12.1. The van der Waals surface area contributed by atoms with E-state index in [1.54, 1.807) is 0 Å².